The second kappa shape index (κ2) is 12.3. The number of rotatable bonds is 5. The van der Waals surface area contributed by atoms with Gasteiger partial charge in [-0.2, -0.15) is 0 Å². The summed E-state index contributed by atoms with van der Waals surface area (Å²) in [5.74, 6) is 0. The number of nitrogens with zero attached hydrogens (tertiary/aromatic N) is 2. The second-order valence-electron chi connectivity index (χ2n) is 3.07. The Hall–Kier alpha value is 0.200. The lowest BCUT2D eigenvalue weighted by Gasteiger charge is -2.16. The van der Waals surface area contributed by atoms with Crippen molar-refractivity contribution in [1.82, 2.24) is 9.80 Å². The van der Waals surface area contributed by atoms with Crippen molar-refractivity contribution in [3.05, 3.63) is 0 Å². The molecule has 0 aliphatic carbocycles. The van der Waals surface area contributed by atoms with Crippen LogP contribution in [0, 0.1) is 0 Å². The number of hydrogen-bond acceptors (Lipinski definition) is 2. The zero-order chi connectivity index (χ0) is 12.3. The summed E-state index contributed by atoms with van der Waals surface area (Å²) in [6.07, 6.45) is 0. The van der Waals surface area contributed by atoms with Crippen LogP contribution in [-0.2, 0) is 0 Å². The van der Waals surface area contributed by atoms with Crippen molar-refractivity contribution in [3.8, 4) is 0 Å². The second-order valence-corrected chi connectivity index (χ2v) is 4.19. The highest BCUT2D eigenvalue weighted by molar-refractivity contribution is 8.10. The fraction of sp³-hybridized carbons (Fsp3) is 0.909. The third-order valence-corrected chi connectivity index (χ3v) is 2.92. The maximum Gasteiger partial charge on any atom is 0.133 e. The minimum absolute atomic E-state index is 0.690. The van der Waals surface area contributed by atoms with Crippen molar-refractivity contribution in [1.29, 1.82) is 0 Å². The highest BCUT2D eigenvalue weighted by atomic mass is 32.1. The lowest BCUT2D eigenvalue weighted by molar-refractivity contribution is 0.321. The summed E-state index contributed by atoms with van der Waals surface area (Å²) < 4.78 is 0.690. The van der Waals surface area contributed by atoms with Gasteiger partial charge in [0.05, 0.1) is 0 Å². The van der Waals surface area contributed by atoms with E-state index in [1.165, 1.54) is 19.6 Å². The summed E-state index contributed by atoms with van der Waals surface area (Å²) in [7, 11) is 0. The molecule has 0 aromatic rings. The summed E-state index contributed by atoms with van der Waals surface area (Å²) >= 11 is 8.82. The molecule has 0 fully saturated rings. The molecule has 2 nitrogen and oxygen atoms in total. The topological polar surface area (TPSA) is 6.48 Å². The quantitative estimate of drug-likeness (QED) is 0.592. The first-order chi connectivity index (χ1) is 7.06. The van der Waals surface area contributed by atoms with Gasteiger partial charge in [-0.1, -0.05) is 33.0 Å². The van der Waals surface area contributed by atoms with E-state index < -0.39 is 0 Å². The molecule has 0 unspecified atom stereocenters. The van der Waals surface area contributed by atoms with E-state index >= 15 is 0 Å². The van der Waals surface area contributed by atoms with Gasteiger partial charge in [0, 0.05) is 13.1 Å². The smallest absolute Gasteiger partial charge is 0.133 e. The van der Waals surface area contributed by atoms with Gasteiger partial charge < -0.3 is 9.80 Å². The Labute approximate surface area is 106 Å². The van der Waals surface area contributed by atoms with E-state index in [0.29, 0.717) is 4.32 Å². The van der Waals surface area contributed by atoms with Gasteiger partial charge >= 0.3 is 0 Å². The van der Waals surface area contributed by atoms with E-state index in [-0.39, 0.29) is 0 Å². The minimum atomic E-state index is 0.690. The molecule has 0 aromatic carbocycles. The molecule has 0 bridgehead atoms. The van der Waals surface area contributed by atoms with Crippen LogP contribution in [0.2, 0.25) is 0 Å². The predicted molar refractivity (Wildman–Crippen MR) is 78.0 cm³/mol. The summed E-state index contributed by atoms with van der Waals surface area (Å²) in [5.41, 5.74) is 0. The maximum atomic E-state index is 4.81. The van der Waals surface area contributed by atoms with Crippen molar-refractivity contribution in [3.63, 3.8) is 0 Å². The fourth-order valence-electron chi connectivity index (χ4n) is 1.16. The summed E-state index contributed by atoms with van der Waals surface area (Å²) in [5, 5.41) is 0. The van der Waals surface area contributed by atoms with Crippen LogP contribution in [0.4, 0.5) is 0 Å². The Kier molecular flexibility index (Phi) is 14.4. The van der Waals surface area contributed by atoms with Crippen LogP contribution >= 0.6 is 24.8 Å². The van der Waals surface area contributed by atoms with Gasteiger partial charge in [-0.05, 0) is 33.5 Å². The molecule has 0 aliphatic heterocycles. The molecule has 0 spiro atoms. The summed E-state index contributed by atoms with van der Waals surface area (Å²) in [4.78, 5) is 4.39. The average molecular weight is 250 g/mol. The van der Waals surface area contributed by atoms with Gasteiger partial charge in [0.15, 0.2) is 0 Å². The zero-order valence-corrected chi connectivity index (χ0v) is 12.5. The molecule has 0 rings (SSSR count). The monoisotopic (exact) mass is 250 g/mol. The lowest BCUT2D eigenvalue weighted by atomic mass is 10.5. The Bertz CT molecular complexity index is 138. The van der Waals surface area contributed by atoms with Crippen molar-refractivity contribution in [2.45, 2.75) is 34.6 Å². The van der Waals surface area contributed by atoms with Gasteiger partial charge in [0.2, 0.25) is 0 Å². The zero-order valence-electron chi connectivity index (χ0n) is 10.8. The molecule has 0 saturated heterocycles. The van der Waals surface area contributed by atoms with E-state index in [9.17, 15) is 0 Å². The molecule has 4 heteroatoms. The third-order valence-electron chi connectivity index (χ3n) is 2.38. The van der Waals surface area contributed by atoms with E-state index in [2.05, 4.69) is 52.1 Å². The molecular formula is C11H26N2S2. The van der Waals surface area contributed by atoms with E-state index in [1.54, 1.807) is 0 Å². The molecular weight excluding hydrogens is 224 g/mol. The van der Waals surface area contributed by atoms with Gasteiger partial charge in [0.25, 0.3) is 0 Å². The Morgan fingerprint density at radius 1 is 0.867 bits per heavy atom. The van der Waals surface area contributed by atoms with Crippen molar-refractivity contribution >= 4 is 29.2 Å². The largest absolute Gasteiger partial charge is 0.358 e. The van der Waals surface area contributed by atoms with E-state index in [4.69, 9.17) is 12.2 Å². The van der Waals surface area contributed by atoms with Gasteiger partial charge in [-0.3, -0.25) is 0 Å². The Morgan fingerprint density at radius 3 is 1.20 bits per heavy atom. The first-order valence-electron chi connectivity index (χ1n) is 5.77. The van der Waals surface area contributed by atoms with Crippen LogP contribution in [0.15, 0.2) is 0 Å². The minimum Gasteiger partial charge on any atom is -0.358 e. The molecule has 0 N–H and O–H groups in total. The van der Waals surface area contributed by atoms with Crippen LogP contribution < -0.4 is 0 Å². The summed E-state index contributed by atoms with van der Waals surface area (Å²) in [6.45, 7) is 16.2. The van der Waals surface area contributed by atoms with Gasteiger partial charge in [-0.15, -0.1) is 12.6 Å². The normalized spacial score (nSPS) is 9.53. The van der Waals surface area contributed by atoms with E-state index in [0.717, 1.165) is 13.1 Å². The molecule has 0 heterocycles. The Morgan fingerprint density at radius 2 is 1.20 bits per heavy atom. The fourth-order valence-corrected chi connectivity index (χ4v) is 1.71. The van der Waals surface area contributed by atoms with Crippen LogP contribution in [0.3, 0.4) is 0 Å². The molecule has 0 aliphatic rings. The highest BCUT2D eigenvalue weighted by Gasteiger charge is 1.96. The predicted octanol–water partition coefficient (Wildman–Crippen LogP) is 2.89. The van der Waals surface area contributed by atoms with Crippen molar-refractivity contribution in [2.75, 3.05) is 32.7 Å². The molecule has 0 atom stereocenters. The highest BCUT2D eigenvalue weighted by Crippen LogP contribution is 1.93. The molecule has 0 amide bonds. The Balaban J connectivity index is 0. The molecule has 0 aromatic heterocycles. The lowest BCUT2D eigenvalue weighted by Crippen LogP contribution is -2.24. The number of thiocarbonyl (C=S) groups is 1. The molecule has 0 radical (unpaired) electrons. The van der Waals surface area contributed by atoms with Crippen LogP contribution in [0.5, 0.6) is 0 Å². The first kappa shape index (κ1) is 17.6. The first-order valence-corrected chi connectivity index (χ1v) is 6.62. The van der Waals surface area contributed by atoms with Gasteiger partial charge in [0.1, 0.15) is 4.32 Å². The van der Waals surface area contributed by atoms with E-state index in [1.807, 2.05) is 4.90 Å². The van der Waals surface area contributed by atoms with Gasteiger partial charge in [-0.25, -0.2) is 0 Å². The van der Waals surface area contributed by atoms with Crippen LogP contribution in [-0.4, -0.2) is 46.8 Å². The van der Waals surface area contributed by atoms with Crippen LogP contribution in [0.25, 0.3) is 0 Å². The number of hydrogen-bond donors (Lipinski definition) is 1. The van der Waals surface area contributed by atoms with Crippen molar-refractivity contribution < 1.29 is 0 Å². The maximum absolute atomic E-state index is 4.81. The molecule has 0 saturated carbocycles. The molecule has 15 heavy (non-hydrogen) atoms. The summed E-state index contributed by atoms with van der Waals surface area (Å²) in [6, 6.07) is 0. The van der Waals surface area contributed by atoms with Crippen molar-refractivity contribution in [2.24, 2.45) is 0 Å². The number of thiol groups is 1. The average Bonchev–Trinajstić information content (AvgIpc) is 2.22. The third kappa shape index (κ3) is 10.5. The SMILES string of the molecule is CCN(CC)C(=S)S.CCN(CC)CC. The molecule has 92 valence electrons. The van der Waals surface area contributed by atoms with Crippen LogP contribution in [0.1, 0.15) is 34.6 Å². The standard InChI is InChI=1S/C6H15N.C5H11NS2/c1-4-7(5-2)6-3;1-3-6(4-2)5(7)8/h4-6H2,1-3H3;3-4H2,1-2H3,(H,7,8).